The van der Waals surface area contributed by atoms with E-state index in [1.165, 1.54) is 13.1 Å². The SMILES string of the molecule is CC(C)c1ccc(CN(C)S(C)(=O)=O)c(F)c1. The summed E-state index contributed by atoms with van der Waals surface area (Å²) in [6.07, 6.45) is 1.10. The lowest BCUT2D eigenvalue weighted by Crippen LogP contribution is -2.25. The van der Waals surface area contributed by atoms with Gasteiger partial charge in [-0.3, -0.25) is 0 Å². The molecule has 0 aromatic heterocycles. The van der Waals surface area contributed by atoms with E-state index < -0.39 is 10.0 Å². The number of benzene rings is 1. The molecule has 96 valence electrons. The minimum absolute atomic E-state index is 0.0586. The fourth-order valence-electron chi connectivity index (χ4n) is 1.41. The van der Waals surface area contributed by atoms with Crippen LogP contribution >= 0.6 is 0 Å². The maximum atomic E-state index is 13.7. The third-order valence-corrected chi connectivity index (χ3v) is 3.96. The second kappa shape index (κ2) is 5.14. The van der Waals surface area contributed by atoms with E-state index in [2.05, 4.69) is 0 Å². The lowest BCUT2D eigenvalue weighted by atomic mass is 10.0. The molecule has 0 saturated heterocycles. The van der Waals surface area contributed by atoms with Crippen LogP contribution < -0.4 is 0 Å². The van der Waals surface area contributed by atoms with Gasteiger partial charge in [-0.1, -0.05) is 26.0 Å². The van der Waals surface area contributed by atoms with Gasteiger partial charge in [-0.05, 0) is 17.5 Å². The van der Waals surface area contributed by atoms with Gasteiger partial charge in [0.25, 0.3) is 0 Å². The Morgan fingerprint density at radius 1 is 1.35 bits per heavy atom. The number of hydrogen-bond acceptors (Lipinski definition) is 2. The highest BCUT2D eigenvalue weighted by Crippen LogP contribution is 2.19. The molecule has 0 spiro atoms. The molecule has 1 aromatic rings. The Morgan fingerprint density at radius 2 is 1.94 bits per heavy atom. The predicted molar refractivity (Wildman–Crippen MR) is 66.8 cm³/mol. The first-order valence-corrected chi connectivity index (χ1v) is 7.26. The van der Waals surface area contributed by atoms with E-state index in [0.717, 1.165) is 16.1 Å². The zero-order valence-corrected chi connectivity index (χ0v) is 11.4. The Labute approximate surface area is 102 Å². The molecule has 0 saturated carbocycles. The molecule has 0 radical (unpaired) electrons. The molecule has 0 N–H and O–H groups in total. The monoisotopic (exact) mass is 259 g/mol. The predicted octanol–water partition coefficient (Wildman–Crippen LogP) is 2.34. The summed E-state index contributed by atoms with van der Waals surface area (Å²) < 4.78 is 37.3. The maximum Gasteiger partial charge on any atom is 0.211 e. The van der Waals surface area contributed by atoms with Crippen molar-refractivity contribution in [3.63, 3.8) is 0 Å². The van der Waals surface area contributed by atoms with Gasteiger partial charge in [0.15, 0.2) is 0 Å². The summed E-state index contributed by atoms with van der Waals surface area (Å²) in [5, 5.41) is 0. The Bertz CT molecular complexity index is 497. The van der Waals surface area contributed by atoms with Gasteiger partial charge in [0.05, 0.1) is 6.26 Å². The van der Waals surface area contributed by atoms with Gasteiger partial charge in [-0.2, -0.15) is 0 Å². The minimum Gasteiger partial charge on any atom is -0.213 e. The zero-order valence-electron chi connectivity index (χ0n) is 10.6. The zero-order chi connectivity index (χ0) is 13.2. The third kappa shape index (κ3) is 3.78. The molecule has 0 atom stereocenters. The van der Waals surface area contributed by atoms with Crippen LogP contribution in [0.25, 0.3) is 0 Å². The molecule has 17 heavy (non-hydrogen) atoms. The first-order valence-electron chi connectivity index (χ1n) is 5.41. The highest BCUT2D eigenvalue weighted by Gasteiger charge is 2.14. The van der Waals surface area contributed by atoms with Gasteiger partial charge in [0.1, 0.15) is 5.82 Å². The van der Waals surface area contributed by atoms with Crippen molar-refractivity contribution in [1.29, 1.82) is 0 Å². The fraction of sp³-hybridized carbons (Fsp3) is 0.500. The smallest absolute Gasteiger partial charge is 0.211 e. The number of sulfonamides is 1. The third-order valence-electron chi connectivity index (χ3n) is 2.70. The van der Waals surface area contributed by atoms with Crippen LogP contribution in [-0.2, 0) is 16.6 Å². The molecule has 0 fully saturated rings. The van der Waals surface area contributed by atoms with Crippen molar-refractivity contribution in [3.05, 3.63) is 35.1 Å². The summed E-state index contributed by atoms with van der Waals surface area (Å²) in [5.74, 6) is -0.0992. The van der Waals surface area contributed by atoms with Gasteiger partial charge < -0.3 is 0 Å². The van der Waals surface area contributed by atoms with E-state index in [4.69, 9.17) is 0 Å². The second-order valence-electron chi connectivity index (χ2n) is 4.52. The standard InChI is InChI=1S/C12H18FNO2S/c1-9(2)10-5-6-11(12(13)7-10)8-14(3)17(4,15)16/h5-7,9H,8H2,1-4H3. The molecule has 0 aliphatic heterocycles. The van der Waals surface area contributed by atoms with Crippen LogP contribution in [-0.4, -0.2) is 26.0 Å². The van der Waals surface area contributed by atoms with E-state index in [1.54, 1.807) is 6.07 Å². The normalized spacial score (nSPS) is 12.4. The molecule has 0 aliphatic carbocycles. The Balaban J connectivity index is 2.94. The van der Waals surface area contributed by atoms with Crippen molar-refractivity contribution >= 4 is 10.0 Å². The molecule has 1 aromatic carbocycles. The molecule has 5 heteroatoms. The summed E-state index contributed by atoms with van der Waals surface area (Å²) >= 11 is 0. The van der Waals surface area contributed by atoms with E-state index >= 15 is 0 Å². The molecule has 3 nitrogen and oxygen atoms in total. The summed E-state index contributed by atoms with van der Waals surface area (Å²) in [4.78, 5) is 0. The minimum atomic E-state index is -3.28. The second-order valence-corrected chi connectivity index (χ2v) is 6.61. The highest BCUT2D eigenvalue weighted by molar-refractivity contribution is 7.88. The van der Waals surface area contributed by atoms with Crippen LogP contribution in [0.4, 0.5) is 4.39 Å². The van der Waals surface area contributed by atoms with Crippen LogP contribution in [0.1, 0.15) is 30.9 Å². The van der Waals surface area contributed by atoms with Crippen LogP contribution in [0.3, 0.4) is 0 Å². The molecule has 0 heterocycles. The lowest BCUT2D eigenvalue weighted by Gasteiger charge is -2.15. The summed E-state index contributed by atoms with van der Waals surface area (Å²) in [5.41, 5.74) is 1.30. The molecule has 0 bridgehead atoms. The largest absolute Gasteiger partial charge is 0.213 e. The van der Waals surface area contributed by atoms with Crippen LogP contribution in [0.15, 0.2) is 18.2 Å². The summed E-state index contributed by atoms with van der Waals surface area (Å²) in [7, 11) is -1.84. The molecular weight excluding hydrogens is 241 g/mol. The number of rotatable bonds is 4. The maximum absolute atomic E-state index is 13.7. The van der Waals surface area contributed by atoms with Gasteiger partial charge in [0.2, 0.25) is 10.0 Å². The molecule has 0 aliphatic rings. The van der Waals surface area contributed by atoms with E-state index in [1.807, 2.05) is 19.9 Å². The average molecular weight is 259 g/mol. The Hall–Kier alpha value is -0.940. The van der Waals surface area contributed by atoms with Crippen LogP contribution in [0.5, 0.6) is 0 Å². The first-order chi connectivity index (χ1) is 7.71. The van der Waals surface area contributed by atoms with Crippen LogP contribution in [0, 0.1) is 5.82 Å². The Morgan fingerprint density at radius 3 is 2.35 bits per heavy atom. The topological polar surface area (TPSA) is 37.4 Å². The van der Waals surface area contributed by atoms with Crippen molar-refractivity contribution in [2.45, 2.75) is 26.3 Å². The summed E-state index contributed by atoms with van der Waals surface area (Å²) in [6.45, 7) is 4.02. The number of nitrogens with zero attached hydrogens (tertiary/aromatic N) is 1. The fourth-order valence-corrected chi connectivity index (χ4v) is 1.78. The van der Waals surface area contributed by atoms with Gasteiger partial charge in [-0.15, -0.1) is 0 Å². The van der Waals surface area contributed by atoms with Gasteiger partial charge >= 0.3 is 0 Å². The van der Waals surface area contributed by atoms with E-state index in [9.17, 15) is 12.8 Å². The average Bonchev–Trinajstić information content (AvgIpc) is 2.19. The quantitative estimate of drug-likeness (QED) is 0.832. The molecule has 1 rings (SSSR count). The lowest BCUT2D eigenvalue weighted by molar-refractivity contribution is 0.461. The Kier molecular flexibility index (Phi) is 4.27. The van der Waals surface area contributed by atoms with E-state index in [-0.39, 0.29) is 18.3 Å². The highest BCUT2D eigenvalue weighted by atomic mass is 32.2. The molecule has 0 amide bonds. The number of hydrogen-bond donors (Lipinski definition) is 0. The molecule has 0 unspecified atom stereocenters. The van der Waals surface area contributed by atoms with Crippen molar-refractivity contribution in [1.82, 2.24) is 4.31 Å². The van der Waals surface area contributed by atoms with Crippen molar-refractivity contribution in [2.75, 3.05) is 13.3 Å². The summed E-state index contributed by atoms with van der Waals surface area (Å²) in [6, 6.07) is 4.95. The van der Waals surface area contributed by atoms with E-state index in [0.29, 0.717) is 5.56 Å². The van der Waals surface area contributed by atoms with Gasteiger partial charge in [-0.25, -0.2) is 17.1 Å². The van der Waals surface area contributed by atoms with Gasteiger partial charge in [0, 0.05) is 19.2 Å². The van der Waals surface area contributed by atoms with Crippen molar-refractivity contribution in [3.8, 4) is 0 Å². The van der Waals surface area contributed by atoms with Crippen molar-refractivity contribution < 1.29 is 12.8 Å². The van der Waals surface area contributed by atoms with Crippen molar-refractivity contribution in [2.24, 2.45) is 0 Å². The van der Waals surface area contributed by atoms with Crippen LogP contribution in [0.2, 0.25) is 0 Å². The first kappa shape index (κ1) is 14.1. The number of halogens is 1. The molecular formula is C12H18FNO2S.